The number of carbonyl (C=O) groups is 2. The van der Waals surface area contributed by atoms with Crippen LogP contribution < -0.4 is 11.1 Å². The van der Waals surface area contributed by atoms with Crippen molar-refractivity contribution in [2.45, 2.75) is 187 Å². The van der Waals surface area contributed by atoms with Gasteiger partial charge in [0.05, 0.1) is 37.2 Å². The normalized spacial score (nSPS) is 47.7. The maximum Gasteiger partial charge on any atom is 0.310 e. The Morgan fingerprint density at radius 3 is 2.40 bits per heavy atom. The van der Waals surface area contributed by atoms with Gasteiger partial charge in [-0.15, -0.1) is 0 Å². The van der Waals surface area contributed by atoms with Gasteiger partial charge in [-0.3, -0.25) is 9.59 Å². The van der Waals surface area contributed by atoms with Gasteiger partial charge in [0.25, 0.3) is 0 Å². The van der Waals surface area contributed by atoms with Crippen LogP contribution in [0.25, 0.3) is 0 Å². The third-order valence-corrected chi connectivity index (χ3v) is 20.8. The lowest BCUT2D eigenvalue weighted by Gasteiger charge is -2.74. The SMILES string of the molecule is CCCCC[C@H]1C[C@@]2(C(=O)O)CC[C@](C)(CO)C[C@H]2C2=CC[C@@H]3[C@@]4(C)[C@H](C[C@H]5CC(=O)N[C@H]5[C@H](CCCN)c5cnc[nH]5)[C@@H](O)[C@@H](O[C@@H]5OC[C@@H](O)[C@H](O)[C@H]5O)[C@@](C)(CO)[C@H]4CC[C@@]3(C)[C@@]21C. The third kappa shape index (κ3) is 7.99. The van der Waals surface area contributed by atoms with Gasteiger partial charge >= 0.3 is 5.97 Å². The molecule has 20 atom stereocenters. The van der Waals surface area contributed by atoms with Crippen LogP contribution in [0, 0.1) is 68.0 Å². The number of hydrogen-bond donors (Lipinski definition) is 10. The largest absolute Gasteiger partial charge is 0.481 e. The molecule has 5 aliphatic carbocycles. The van der Waals surface area contributed by atoms with Crippen molar-refractivity contribution in [3.63, 3.8) is 0 Å². The summed E-state index contributed by atoms with van der Waals surface area (Å²) in [6.45, 7) is 13.3. The summed E-state index contributed by atoms with van der Waals surface area (Å²) in [5.41, 5.74) is 4.35. The Hall–Kier alpha value is -2.47. The summed E-state index contributed by atoms with van der Waals surface area (Å²) >= 11 is 0. The van der Waals surface area contributed by atoms with Crippen molar-refractivity contribution in [3.05, 3.63) is 29.9 Å². The monoisotopic (exact) mass is 941 g/mol. The molecule has 15 nitrogen and oxygen atoms in total. The van der Waals surface area contributed by atoms with Crippen molar-refractivity contribution in [3.8, 4) is 0 Å². The summed E-state index contributed by atoms with van der Waals surface area (Å²) in [7, 11) is 0. The first-order chi connectivity index (χ1) is 31.7. The number of nitrogens with one attached hydrogen (secondary N) is 2. The molecule has 3 heterocycles. The number of amides is 1. The van der Waals surface area contributed by atoms with E-state index in [1.165, 1.54) is 5.57 Å². The van der Waals surface area contributed by atoms with Crippen molar-refractivity contribution >= 4 is 11.9 Å². The first-order valence-corrected chi connectivity index (χ1v) is 25.9. The summed E-state index contributed by atoms with van der Waals surface area (Å²) in [4.78, 5) is 35.2. The number of imidazole rings is 1. The molecule has 378 valence electrons. The number of unbranched alkanes of at least 4 members (excludes halogenated alkanes) is 2. The number of aromatic amines is 1. The summed E-state index contributed by atoms with van der Waals surface area (Å²) in [5, 5.41) is 83.0. The molecule has 4 saturated carbocycles. The molecule has 0 aromatic carbocycles. The number of rotatable bonds is 16. The minimum atomic E-state index is -1.61. The zero-order chi connectivity index (χ0) is 48.5. The van der Waals surface area contributed by atoms with E-state index < -0.39 is 75.8 Å². The van der Waals surface area contributed by atoms with Gasteiger partial charge in [0, 0.05) is 42.3 Å². The Bertz CT molecular complexity index is 1950. The van der Waals surface area contributed by atoms with Gasteiger partial charge in [-0.05, 0) is 134 Å². The highest BCUT2D eigenvalue weighted by Crippen LogP contribution is 2.78. The fourth-order valence-corrected chi connectivity index (χ4v) is 16.9. The smallest absolute Gasteiger partial charge is 0.310 e. The maximum absolute atomic E-state index is 13.8. The Morgan fingerprint density at radius 1 is 0.985 bits per heavy atom. The van der Waals surface area contributed by atoms with E-state index in [0.717, 1.165) is 44.2 Å². The van der Waals surface area contributed by atoms with Gasteiger partial charge < -0.3 is 61.3 Å². The van der Waals surface area contributed by atoms with Crippen molar-refractivity contribution in [2.24, 2.45) is 73.7 Å². The van der Waals surface area contributed by atoms with Crippen LogP contribution in [0.5, 0.6) is 0 Å². The van der Waals surface area contributed by atoms with Crippen molar-refractivity contribution in [1.29, 1.82) is 0 Å². The first kappa shape index (κ1) is 50.9. The van der Waals surface area contributed by atoms with Gasteiger partial charge in [0.2, 0.25) is 5.91 Å². The van der Waals surface area contributed by atoms with Gasteiger partial charge in [-0.25, -0.2) is 4.98 Å². The van der Waals surface area contributed by atoms with E-state index in [1.807, 2.05) is 13.1 Å². The predicted octanol–water partition coefficient (Wildman–Crippen LogP) is 4.79. The second-order valence-electron chi connectivity index (χ2n) is 24.0. The molecule has 2 aliphatic heterocycles. The van der Waals surface area contributed by atoms with E-state index in [9.17, 15) is 45.3 Å². The number of ether oxygens (including phenoxy) is 2. The second-order valence-corrected chi connectivity index (χ2v) is 24.0. The van der Waals surface area contributed by atoms with Crippen LogP contribution >= 0.6 is 0 Å². The van der Waals surface area contributed by atoms with Crippen LogP contribution in [0.1, 0.15) is 149 Å². The average molecular weight is 941 g/mol. The zero-order valence-corrected chi connectivity index (χ0v) is 41.0. The van der Waals surface area contributed by atoms with Crippen LogP contribution in [0.4, 0.5) is 0 Å². The molecule has 0 spiro atoms. The number of H-pyrrole nitrogens is 1. The standard InChI is InChI=1S/C52H84N4O11/c1-7-8-9-11-30-22-52(46(64)65)18-17-47(2,26-57)23-34(52)32-13-14-38-49(4,51(30,32)6)16-15-37-48(3,27-58)44(67-45-43(63)42(62)36(59)25-66-45)41(61)33(50(37,38)5)20-29-21-39(60)56-40(29)31(12-10-19-53)35-24-54-28-55-35/h13,24,28-31,33-34,36-38,40-45,57-59,61-63H,7-12,14-23,25-27,53H2,1-6H3,(H,54,55)(H,56,60)(H,64,65)/t29-,30-,31+,33+,34-,36+,37+,38-,40+,41+,42-,43+,44+,45-,47-,48-,49+,50-,51+,52-/m0/s1. The Labute approximate surface area is 397 Å². The fourth-order valence-electron chi connectivity index (χ4n) is 16.9. The minimum Gasteiger partial charge on any atom is -0.481 e. The van der Waals surface area contributed by atoms with Gasteiger partial charge in [-0.2, -0.15) is 0 Å². The zero-order valence-electron chi connectivity index (χ0n) is 41.0. The van der Waals surface area contributed by atoms with Crippen molar-refractivity contribution in [1.82, 2.24) is 15.3 Å². The topological polar surface area (TPSA) is 261 Å². The number of allylic oxidation sites excluding steroid dienone is 2. The first-order valence-electron chi connectivity index (χ1n) is 25.9. The molecule has 0 radical (unpaired) electrons. The van der Waals surface area contributed by atoms with Crippen LogP contribution in [0.2, 0.25) is 0 Å². The lowest BCUT2D eigenvalue weighted by atomic mass is 9.30. The van der Waals surface area contributed by atoms with E-state index in [-0.39, 0.29) is 79.1 Å². The van der Waals surface area contributed by atoms with E-state index in [1.54, 1.807) is 6.33 Å². The molecule has 8 rings (SSSR count). The van der Waals surface area contributed by atoms with E-state index in [2.05, 4.69) is 56.0 Å². The Kier molecular flexibility index (Phi) is 14.4. The number of aliphatic carboxylic acids is 1. The number of aromatic nitrogens is 2. The fraction of sp³-hybridized carbons (Fsp3) is 0.865. The van der Waals surface area contributed by atoms with Crippen molar-refractivity contribution in [2.75, 3.05) is 26.4 Å². The molecule has 11 N–H and O–H groups in total. The summed E-state index contributed by atoms with van der Waals surface area (Å²) in [6, 6.07) is -0.290. The molecular formula is C52H84N4O11. The minimum absolute atomic E-state index is 0.000747. The number of nitrogens with two attached hydrogens (primary N) is 1. The van der Waals surface area contributed by atoms with E-state index in [0.29, 0.717) is 57.9 Å². The number of carbonyl (C=O) groups excluding carboxylic acids is 1. The third-order valence-electron chi connectivity index (χ3n) is 20.8. The molecule has 0 unspecified atom stereocenters. The van der Waals surface area contributed by atoms with Gasteiger partial charge in [0.15, 0.2) is 6.29 Å². The van der Waals surface area contributed by atoms with Crippen LogP contribution in [-0.2, 0) is 19.1 Å². The number of carboxylic acids is 1. The number of hydrogen-bond acceptors (Lipinski definition) is 12. The molecule has 6 fully saturated rings. The number of aliphatic hydroxyl groups is 6. The highest BCUT2D eigenvalue weighted by atomic mass is 16.7. The highest BCUT2D eigenvalue weighted by Gasteiger charge is 2.75. The molecule has 1 amide bonds. The molecule has 67 heavy (non-hydrogen) atoms. The van der Waals surface area contributed by atoms with Crippen LogP contribution in [-0.4, -0.2) is 127 Å². The van der Waals surface area contributed by atoms with E-state index in [4.69, 9.17) is 15.2 Å². The quantitative estimate of drug-likeness (QED) is 0.0609. The molecule has 1 aromatic rings. The number of carboxylic acid groups (broad SMARTS) is 1. The lowest BCUT2D eigenvalue weighted by Crippen LogP contribution is -2.73. The average Bonchev–Trinajstić information content (AvgIpc) is 3.97. The number of aliphatic hydroxyl groups excluding tert-OH is 6. The Morgan fingerprint density at radius 2 is 1.75 bits per heavy atom. The molecule has 7 aliphatic rings. The number of fused-ring (bicyclic) bond motifs is 7. The lowest BCUT2D eigenvalue weighted by molar-refractivity contribution is -0.341. The highest BCUT2D eigenvalue weighted by molar-refractivity contribution is 5.79. The van der Waals surface area contributed by atoms with Crippen molar-refractivity contribution < 1.29 is 54.8 Å². The molecule has 2 saturated heterocycles. The van der Waals surface area contributed by atoms with Gasteiger partial charge in [-0.1, -0.05) is 72.5 Å². The maximum atomic E-state index is 13.8. The predicted molar refractivity (Wildman–Crippen MR) is 250 cm³/mol. The van der Waals surface area contributed by atoms with Crippen LogP contribution in [0.3, 0.4) is 0 Å². The van der Waals surface area contributed by atoms with Gasteiger partial charge in [0.1, 0.15) is 18.3 Å². The molecule has 0 bridgehead atoms. The van der Waals surface area contributed by atoms with Crippen LogP contribution in [0.15, 0.2) is 24.2 Å². The summed E-state index contributed by atoms with van der Waals surface area (Å²) in [6.07, 6.45) is 8.33. The molecule has 15 heteroatoms. The summed E-state index contributed by atoms with van der Waals surface area (Å²) < 4.78 is 12.5. The summed E-state index contributed by atoms with van der Waals surface area (Å²) in [5.74, 6) is -2.06. The van der Waals surface area contributed by atoms with E-state index >= 15 is 0 Å². The molecule has 1 aromatic heterocycles. The number of nitrogens with zero attached hydrogens (tertiary/aromatic N) is 1. The Balaban J connectivity index is 1.27. The second kappa shape index (κ2) is 18.9. The molecular weight excluding hydrogens is 857 g/mol.